The Morgan fingerprint density at radius 2 is 1.81 bits per heavy atom. The largest absolute Gasteiger partial charge is 0.383 e. The number of ether oxygens (including phenoxy) is 1. The fourth-order valence-electron chi connectivity index (χ4n) is 3.24. The Morgan fingerprint density at radius 3 is 2.46 bits per heavy atom. The molecule has 0 bridgehead atoms. The van der Waals surface area contributed by atoms with Crippen molar-refractivity contribution in [1.82, 2.24) is 10.0 Å². The molecule has 1 aliphatic rings. The second-order valence-corrected chi connectivity index (χ2v) is 8.65. The quantitative estimate of drug-likeness (QED) is 0.710. The number of carbonyl (C=O) groups excluding carboxylic acids is 1. The lowest BCUT2D eigenvalue weighted by atomic mass is 9.96. The van der Waals surface area contributed by atoms with E-state index in [2.05, 4.69) is 10.0 Å². The summed E-state index contributed by atoms with van der Waals surface area (Å²) in [6.45, 7) is 2.30. The average molecular weight is 383 g/mol. The van der Waals surface area contributed by atoms with Gasteiger partial charge in [0.25, 0.3) is 5.91 Å². The van der Waals surface area contributed by atoms with E-state index in [0.717, 1.165) is 31.2 Å². The molecule has 1 fully saturated rings. The summed E-state index contributed by atoms with van der Waals surface area (Å²) in [5.74, 6) is -0.193. The summed E-state index contributed by atoms with van der Waals surface area (Å²) < 4.78 is 32.1. The van der Waals surface area contributed by atoms with Gasteiger partial charge in [-0.15, -0.1) is 0 Å². The van der Waals surface area contributed by atoms with Crippen molar-refractivity contribution >= 4 is 15.9 Å². The molecule has 2 rings (SSSR count). The molecule has 0 spiro atoms. The molecule has 1 aromatic rings. The minimum absolute atomic E-state index is 0.0991. The Kier molecular flexibility index (Phi) is 8.06. The Labute approximate surface area is 156 Å². The van der Waals surface area contributed by atoms with Crippen LogP contribution in [0, 0.1) is 6.92 Å². The van der Waals surface area contributed by atoms with Gasteiger partial charge in [0.1, 0.15) is 0 Å². The van der Waals surface area contributed by atoms with Crippen LogP contribution >= 0.6 is 0 Å². The van der Waals surface area contributed by atoms with Crippen LogP contribution in [0.2, 0.25) is 0 Å². The first kappa shape index (κ1) is 20.9. The van der Waals surface area contributed by atoms with Crippen LogP contribution in [0.25, 0.3) is 0 Å². The molecule has 146 valence electrons. The summed E-state index contributed by atoms with van der Waals surface area (Å²) >= 11 is 0. The lowest BCUT2D eigenvalue weighted by Crippen LogP contribution is -2.36. The van der Waals surface area contributed by atoms with E-state index in [4.69, 9.17) is 4.74 Å². The zero-order chi connectivity index (χ0) is 19.0. The van der Waals surface area contributed by atoms with Crippen molar-refractivity contribution in [2.45, 2.75) is 62.8 Å². The van der Waals surface area contributed by atoms with E-state index in [1.807, 2.05) is 6.92 Å². The normalized spacial score (nSPS) is 16.7. The first-order chi connectivity index (χ1) is 12.4. The smallest absolute Gasteiger partial charge is 0.251 e. The molecule has 1 amide bonds. The van der Waals surface area contributed by atoms with Crippen molar-refractivity contribution in [2.24, 2.45) is 0 Å². The van der Waals surface area contributed by atoms with Gasteiger partial charge in [-0.3, -0.25) is 4.79 Å². The third-order valence-corrected chi connectivity index (χ3v) is 6.26. The number of benzene rings is 1. The summed E-state index contributed by atoms with van der Waals surface area (Å²) in [4.78, 5) is 12.8. The summed E-state index contributed by atoms with van der Waals surface area (Å²) in [7, 11) is -2.15. The van der Waals surface area contributed by atoms with Gasteiger partial charge in [-0.05, 0) is 37.5 Å². The van der Waals surface area contributed by atoms with Gasteiger partial charge < -0.3 is 10.1 Å². The highest BCUT2D eigenvalue weighted by atomic mass is 32.2. The number of rotatable bonds is 7. The van der Waals surface area contributed by atoms with E-state index in [9.17, 15) is 13.2 Å². The molecular weight excluding hydrogens is 352 g/mol. The van der Waals surface area contributed by atoms with Gasteiger partial charge in [-0.1, -0.05) is 38.2 Å². The molecule has 26 heavy (non-hydrogen) atoms. The predicted octanol–water partition coefficient (Wildman–Crippen LogP) is 2.76. The van der Waals surface area contributed by atoms with E-state index < -0.39 is 10.0 Å². The number of hydrogen-bond acceptors (Lipinski definition) is 4. The van der Waals surface area contributed by atoms with Crippen LogP contribution in [0.4, 0.5) is 0 Å². The van der Waals surface area contributed by atoms with Crippen LogP contribution in [0.3, 0.4) is 0 Å². The molecule has 0 heterocycles. The van der Waals surface area contributed by atoms with Crippen molar-refractivity contribution in [2.75, 3.05) is 20.3 Å². The van der Waals surface area contributed by atoms with Crippen molar-refractivity contribution in [1.29, 1.82) is 0 Å². The van der Waals surface area contributed by atoms with Crippen LogP contribution in [-0.4, -0.2) is 40.6 Å². The maximum atomic E-state index is 12.7. The fraction of sp³-hybridized carbons (Fsp3) is 0.632. The maximum Gasteiger partial charge on any atom is 0.251 e. The fourth-order valence-corrected chi connectivity index (χ4v) is 4.28. The van der Waals surface area contributed by atoms with Crippen molar-refractivity contribution in [3.05, 3.63) is 29.3 Å². The van der Waals surface area contributed by atoms with Crippen LogP contribution in [-0.2, 0) is 14.8 Å². The van der Waals surface area contributed by atoms with E-state index in [0.29, 0.717) is 12.2 Å². The van der Waals surface area contributed by atoms with Gasteiger partial charge >= 0.3 is 0 Å². The van der Waals surface area contributed by atoms with E-state index in [1.165, 1.54) is 38.5 Å². The standard InChI is InChI=1S/C19H30N2O4S/c1-15-10-11-17(26(23,24)20-12-13-25-2)14-18(15)19(22)21-16-8-6-4-3-5-7-9-16/h10-11,14,16,20H,3-9,12-13H2,1-2H3,(H,21,22). The van der Waals surface area contributed by atoms with Gasteiger partial charge in [-0.2, -0.15) is 0 Å². The Bertz CT molecular complexity index is 695. The van der Waals surface area contributed by atoms with Gasteiger partial charge in [0.15, 0.2) is 0 Å². The average Bonchev–Trinajstić information content (AvgIpc) is 2.57. The van der Waals surface area contributed by atoms with Crippen LogP contribution in [0.5, 0.6) is 0 Å². The summed E-state index contributed by atoms with van der Waals surface area (Å²) in [5.41, 5.74) is 1.19. The molecule has 2 N–H and O–H groups in total. The Balaban J connectivity index is 2.11. The molecule has 0 unspecified atom stereocenters. The van der Waals surface area contributed by atoms with E-state index in [-0.39, 0.29) is 23.4 Å². The summed E-state index contributed by atoms with van der Waals surface area (Å²) in [5, 5.41) is 3.10. The second kappa shape index (κ2) is 10.0. The minimum atomic E-state index is -3.66. The number of nitrogens with one attached hydrogen (secondary N) is 2. The molecule has 0 saturated heterocycles. The summed E-state index contributed by atoms with van der Waals surface area (Å²) in [6, 6.07) is 4.83. The van der Waals surface area contributed by atoms with Gasteiger partial charge in [0.2, 0.25) is 10.0 Å². The molecular formula is C19H30N2O4S. The van der Waals surface area contributed by atoms with Crippen LogP contribution in [0.15, 0.2) is 23.1 Å². The zero-order valence-corrected chi connectivity index (χ0v) is 16.5. The molecule has 0 aliphatic heterocycles. The molecule has 0 radical (unpaired) electrons. The Morgan fingerprint density at radius 1 is 1.15 bits per heavy atom. The highest BCUT2D eigenvalue weighted by molar-refractivity contribution is 7.89. The molecule has 0 atom stereocenters. The molecule has 1 saturated carbocycles. The maximum absolute atomic E-state index is 12.7. The third-order valence-electron chi connectivity index (χ3n) is 4.80. The first-order valence-electron chi connectivity index (χ1n) is 9.34. The highest BCUT2D eigenvalue weighted by Gasteiger charge is 2.20. The van der Waals surface area contributed by atoms with Gasteiger partial charge in [0.05, 0.1) is 11.5 Å². The third kappa shape index (κ3) is 6.07. The van der Waals surface area contributed by atoms with E-state index in [1.54, 1.807) is 6.07 Å². The van der Waals surface area contributed by atoms with Gasteiger partial charge in [0, 0.05) is 25.3 Å². The summed E-state index contributed by atoms with van der Waals surface area (Å²) in [6.07, 6.45) is 7.93. The molecule has 1 aromatic carbocycles. The SMILES string of the molecule is COCCNS(=O)(=O)c1ccc(C)c(C(=O)NC2CCCCCCC2)c1. The second-order valence-electron chi connectivity index (χ2n) is 6.88. The zero-order valence-electron chi connectivity index (χ0n) is 15.7. The topological polar surface area (TPSA) is 84.5 Å². The minimum Gasteiger partial charge on any atom is -0.383 e. The predicted molar refractivity (Wildman–Crippen MR) is 102 cm³/mol. The molecule has 7 heteroatoms. The van der Waals surface area contributed by atoms with Crippen LogP contribution in [0.1, 0.15) is 60.9 Å². The number of aryl methyl sites for hydroxylation is 1. The van der Waals surface area contributed by atoms with E-state index >= 15 is 0 Å². The Hall–Kier alpha value is -1.44. The molecule has 6 nitrogen and oxygen atoms in total. The van der Waals surface area contributed by atoms with Crippen molar-refractivity contribution in [3.8, 4) is 0 Å². The van der Waals surface area contributed by atoms with Crippen molar-refractivity contribution in [3.63, 3.8) is 0 Å². The number of amides is 1. The van der Waals surface area contributed by atoms with Crippen LogP contribution < -0.4 is 10.0 Å². The molecule has 1 aliphatic carbocycles. The highest BCUT2D eigenvalue weighted by Crippen LogP contribution is 2.19. The number of carbonyl (C=O) groups is 1. The lowest BCUT2D eigenvalue weighted by molar-refractivity contribution is 0.0929. The number of methoxy groups -OCH3 is 1. The van der Waals surface area contributed by atoms with Gasteiger partial charge in [-0.25, -0.2) is 13.1 Å². The monoisotopic (exact) mass is 382 g/mol. The first-order valence-corrected chi connectivity index (χ1v) is 10.8. The number of sulfonamides is 1. The van der Waals surface area contributed by atoms with Crippen molar-refractivity contribution < 1.29 is 17.9 Å². The lowest BCUT2D eigenvalue weighted by Gasteiger charge is -2.21. The number of hydrogen-bond donors (Lipinski definition) is 2. The molecule has 0 aromatic heterocycles.